The van der Waals surface area contributed by atoms with Gasteiger partial charge < -0.3 is 4.90 Å². The van der Waals surface area contributed by atoms with Crippen LogP contribution in [-0.4, -0.2) is 48.7 Å². The van der Waals surface area contributed by atoms with Crippen molar-refractivity contribution in [3.63, 3.8) is 0 Å². The van der Waals surface area contributed by atoms with Gasteiger partial charge in [-0.3, -0.25) is 4.79 Å². The lowest BCUT2D eigenvalue weighted by molar-refractivity contribution is -0.140. The van der Waals surface area contributed by atoms with E-state index in [2.05, 4.69) is 0 Å². The highest BCUT2D eigenvalue weighted by atomic mass is 32.2. The second-order valence-electron chi connectivity index (χ2n) is 7.45. The van der Waals surface area contributed by atoms with Crippen LogP contribution in [0.25, 0.3) is 0 Å². The molecular formula is C19H30N2O3S. The summed E-state index contributed by atoms with van der Waals surface area (Å²) in [6.07, 6.45) is 1.46. The summed E-state index contributed by atoms with van der Waals surface area (Å²) >= 11 is 0. The molecule has 0 unspecified atom stereocenters. The normalized spacial score (nSPS) is 19.4. The van der Waals surface area contributed by atoms with Gasteiger partial charge in [-0.15, -0.1) is 0 Å². The highest BCUT2D eigenvalue weighted by Crippen LogP contribution is 2.26. The Balaban J connectivity index is 2.20. The van der Waals surface area contributed by atoms with Crippen LogP contribution in [0.1, 0.15) is 46.1 Å². The number of hydrogen-bond acceptors (Lipinski definition) is 3. The van der Waals surface area contributed by atoms with E-state index in [0.717, 1.165) is 12.0 Å². The van der Waals surface area contributed by atoms with Crippen LogP contribution in [0.4, 0.5) is 0 Å². The Morgan fingerprint density at radius 2 is 1.68 bits per heavy atom. The third-order valence-electron chi connectivity index (χ3n) is 4.76. The molecule has 0 bridgehead atoms. The average Bonchev–Trinajstić information content (AvgIpc) is 2.54. The molecule has 0 spiro atoms. The molecule has 1 fully saturated rings. The van der Waals surface area contributed by atoms with Crippen molar-refractivity contribution >= 4 is 15.9 Å². The Hall–Kier alpha value is -1.40. The Labute approximate surface area is 152 Å². The maximum absolute atomic E-state index is 12.9. The van der Waals surface area contributed by atoms with E-state index in [1.54, 1.807) is 24.3 Å². The average molecular weight is 367 g/mol. The first-order valence-electron chi connectivity index (χ1n) is 9.03. The van der Waals surface area contributed by atoms with Crippen molar-refractivity contribution in [3.8, 4) is 0 Å². The van der Waals surface area contributed by atoms with Crippen molar-refractivity contribution in [1.82, 2.24) is 9.21 Å². The van der Waals surface area contributed by atoms with Gasteiger partial charge >= 0.3 is 0 Å². The lowest BCUT2D eigenvalue weighted by Gasteiger charge is -2.37. The molecule has 140 valence electrons. The van der Waals surface area contributed by atoms with E-state index < -0.39 is 10.0 Å². The Morgan fingerprint density at radius 3 is 2.20 bits per heavy atom. The number of nitrogens with zero attached hydrogens (tertiary/aromatic N) is 2. The molecule has 0 N–H and O–H groups in total. The van der Waals surface area contributed by atoms with Crippen molar-refractivity contribution in [1.29, 1.82) is 0 Å². The van der Waals surface area contributed by atoms with Crippen LogP contribution >= 0.6 is 0 Å². The molecule has 1 aromatic carbocycles. The van der Waals surface area contributed by atoms with Crippen molar-refractivity contribution in [2.75, 3.05) is 13.1 Å². The molecule has 0 saturated carbocycles. The summed E-state index contributed by atoms with van der Waals surface area (Å²) in [4.78, 5) is 15.1. The lowest BCUT2D eigenvalue weighted by atomic mass is 9.97. The van der Waals surface area contributed by atoms with E-state index in [9.17, 15) is 13.2 Å². The van der Waals surface area contributed by atoms with E-state index in [-0.39, 0.29) is 30.5 Å². The molecule has 1 aliphatic rings. The molecule has 0 aromatic heterocycles. The quantitative estimate of drug-likeness (QED) is 0.805. The first kappa shape index (κ1) is 19.9. The summed E-state index contributed by atoms with van der Waals surface area (Å²) in [5.74, 6) is -0.201. The molecule has 1 saturated heterocycles. The number of aryl methyl sites for hydroxylation is 1. The van der Waals surface area contributed by atoms with E-state index >= 15 is 0 Å². The van der Waals surface area contributed by atoms with Crippen molar-refractivity contribution in [2.24, 2.45) is 5.92 Å². The number of hydrogen-bond donors (Lipinski definition) is 0. The van der Waals surface area contributed by atoms with Crippen LogP contribution in [0.5, 0.6) is 0 Å². The van der Waals surface area contributed by atoms with Crippen LogP contribution in [-0.2, 0) is 14.8 Å². The van der Waals surface area contributed by atoms with Crippen LogP contribution in [0, 0.1) is 12.8 Å². The fourth-order valence-electron chi connectivity index (χ4n) is 3.54. The smallest absolute Gasteiger partial charge is 0.243 e. The van der Waals surface area contributed by atoms with E-state index in [0.29, 0.717) is 17.9 Å². The number of sulfonamides is 1. The van der Waals surface area contributed by atoms with E-state index in [1.165, 1.54) is 4.31 Å². The second kappa shape index (κ2) is 7.87. The monoisotopic (exact) mass is 366 g/mol. The summed E-state index contributed by atoms with van der Waals surface area (Å²) < 4.78 is 27.3. The predicted octanol–water partition coefficient (Wildman–Crippen LogP) is 3.04. The lowest BCUT2D eigenvalue weighted by Crippen LogP contribution is -2.50. The fraction of sp³-hybridized carbons (Fsp3) is 0.632. The largest absolute Gasteiger partial charge is 0.338 e. The molecule has 0 radical (unpaired) electrons. The zero-order valence-corrected chi connectivity index (χ0v) is 16.7. The maximum Gasteiger partial charge on any atom is 0.243 e. The molecule has 6 heteroatoms. The van der Waals surface area contributed by atoms with Gasteiger partial charge in [-0.25, -0.2) is 8.42 Å². The molecule has 1 aromatic rings. The summed E-state index contributed by atoms with van der Waals surface area (Å²) in [5.41, 5.74) is 1.02. The Kier molecular flexibility index (Phi) is 6.27. The zero-order valence-electron chi connectivity index (χ0n) is 15.9. The van der Waals surface area contributed by atoms with Crippen LogP contribution in [0.2, 0.25) is 0 Å². The summed E-state index contributed by atoms with van der Waals surface area (Å²) in [5, 5.41) is 0. The summed E-state index contributed by atoms with van der Waals surface area (Å²) in [6.45, 7) is 10.7. The topological polar surface area (TPSA) is 57.7 Å². The number of carbonyl (C=O) groups excluding carboxylic acids is 1. The van der Waals surface area contributed by atoms with Crippen LogP contribution in [0.15, 0.2) is 29.2 Å². The molecule has 2 rings (SSSR count). The standard InChI is InChI=1S/C19H30N2O3S/c1-14(2)21(15(3)4)19(22)17-7-6-12-20(13-17)25(23,24)18-10-8-16(5)9-11-18/h8-11,14-15,17H,6-7,12-13H2,1-5H3/t17-/m1/s1. The third-order valence-corrected chi connectivity index (χ3v) is 6.64. The SMILES string of the molecule is Cc1ccc(S(=O)(=O)N2CCC[C@@H](C(=O)N(C(C)C)C(C)C)C2)cc1. The maximum atomic E-state index is 12.9. The third kappa shape index (κ3) is 4.42. The van der Waals surface area contributed by atoms with Gasteiger partial charge in [0.05, 0.1) is 10.8 Å². The Morgan fingerprint density at radius 1 is 1.12 bits per heavy atom. The number of carbonyl (C=O) groups is 1. The van der Waals surface area contributed by atoms with Gasteiger partial charge in [0.25, 0.3) is 0 Å². The van der Waals surface area contributed by atoms with Gasteiger partial charge in [0, 0.05) is 25.2 Å². The summed E-state index contributed by atoms with van der Waals surface area (Å²) in [7, 11) is -3.55. The molecule has 25 heavy (non-hydrogen) atoms. The minimum atomic E-state index is -3.55. The Bertz CT molecular complexity index is 688. The van der Waals surface area contributed by atoms with Gasteiger partial charge in [0.1, 0.15) is 0 Å². The highest BCUT2D eigenvalue weighted by molar-refractivity contribution is 7.89. The molecular weight excluding hydrogens is 336 g/mol. The minimum Gasteiger partial charge on any atom is -0.338 e. The van der Waals surface area contributed by atoms with Crippen molar-refractivity contribution in [3.05, 3.63) is 29.8 Å². The highest BCUT2D eigenvalue weighted by Gasteiger charge is 2.36. The van der Waals surface area contributed by atoms with Gasteiger partial charge in [0.15, 0.2) is 0 Å². The molecule has 1 heterocycles. The molecule has 1 amide bonds. The fourth-order valence-corrected chi connectivity index (χ4v) is 5.06. The van der Waals surface area contributed by atoms with E-state index in [1.807, 2.05) is 39.5 Å². The van der Waals surface area contributed by atoms with Gasteiger partial charge in [-0.2, -0.15) is 4.31 Å². The van der Waals surface area contributed by atoms with Gasteiger partial charge in [-0.1, -0.05) is 17.7 Å². The zero-order chi connectivity index (χ0) is 18.8. The van der Waals surface area contributed by atoms with Gasteiger partial charge in [0.2, 0.25) is 15.9 Å². The molecule has 5 nitrogen and oxygen atoms in total. The first-order chi connectivity index (χ1) is 11.6. The van der Waals surface area contributed by atoms with Crippen LogP contribution < -0.4 is 0 Å². The number of rotatable bonds is 5. The van der Waals surface area contributed by atoms with Crippen molar-refractivity contribution in [2.45, 2.75) is 64.4 Å². The summed E-state index contributed by atoms with van der Waals surface area (Å²) in [6, 6.07) is 7.11. The van der Waals surface area contributed by atoms with Crippen LogP contribution in [0.3, 0.4) is 0 Å². The number of benzene rings is 1. The van der Waals surface area contributed by atoms with Crippen molar-refractivity contribution < 1.29 is 13.2 Å². The first-order valence-corrected chi connectivity index (χ1v) is 10.5. The second-order valence-corrected chi connectivity index (χ2v) is 9.39. The predicted molar refractivity (Wildman–Crippen MR) is 99.8 cm³/mol. The van der Waals surface area contributed by atoms with E-state index in [4.69, 9.17) is 0 Å². The molecule has 1 aliphatic heterocycles. The number of piperidine rings is 1. The van der Waals surface area contributed by atoms with Gasteiger partial charge in [-0.05, 0) is 59.6 Å². The molecule has 1 atom stereocenters. The number of amides is 1. The molecule has 0 aliphatic carbocycles. The minimum absolute atomic E-state index is 0.0637.